The van der Waals surface area contributed by atoms with Gasteiger partial charge in [0.1, 0.15) is 0 Å². The summed E-state index contributed by atoms with van der Waals surface area (Å²) in [5.74, 6) is -1.21. The van der Waals surface area contributed by atoms with Crippen LogP contribution in [0.4, 0.5) is 17.3 Å². The van der Waals surface area contributed by atoms with Crippen molar-refractivity contribution in [3.8, 4) is 0 Å². The molecule has 0 aliphatic carbocycles. The van der Waals surface area contributed by atoms with E-state index in [1.807, 2.05) is 24.3 Å². The number of anilines is 3. The van der Waals surface area contributed by atoms with Gasteiger partial charge in [-0.1, -0.05) is 23.7 Å². The van der Waals surface area contributed by atoms with E-state index in [0.29, 0.717) is 12.2 Å². The summed E-state index contributed by atoms with van der Waals surface area (Å²) in [6.45, 7) is 0.240. The topological polar surface area (TPSA) is 195 Å². The quantitative estimate of drug-likeness (QED) is 0.183. The average Bonchev–Trinajstić information content (AvgIpc) is 2.71. The molecule has 2 rings (SSSR count). The van der Waals surface area contributed by atoms with Gasteiger partial charge in [0.25, 0.3) is 5.91 Å². The van der Waals surface area contributed by atoms with E-state index in [-0.39, 0.29) is 47.4 Å². The minimum absolute atomic E-state index is 0.0675. The number of nitrogen functional groups attached to an aromatic ring is 2. The van der Waals surface area contributed by atoms with Crippen LogP contribution in [0.25, 0.3) is 0 Å². The van der Waals surface area contributed by atoms with Crippen LogP contribution < -0.4 is 27.8 Å². The number of guanidine groups is 1. The molecule has 31 heavy (non-hydrogen) atoms. The molecule has 0 saturated heterocycles. The molecule has 1 aromatic carbocycles. The van der Waals surface area contributed by atoms with Crippen molar-refractivity contribution >= 4 is 46.7 Å². The van der Waals surface area contributed by atoms with Gasteiger partial charge in [-0.3, -0.25) is 19.9 Å². The van der Waals surface area contributed by atoms with E-state index in [1.165, 1.54) is 0 Å². The number of rotatable bonds is 9. The van der Waals surface area contributed by atoms with Crippen molar-refractivity contribution in [3.63, 3.8) is 0 Å². The Hall–Kier alpha value is -3.44. The molecule has 0 atom stereocenters. The predicted molar refractivity (Wildman–Crippen MR) is 120 cm³/mol. The molecule has 0 bridgehead atoms. The number of aliphatic hydroxyl groups excluding tert-OH is 1. The molecular formula is C19H25ClN8O3. The first-order valence-corrected chi connectivity index (χ1v) is 9.87. The molecule has 12 heteroatoms. The summed E-state index contributed by atoms with van der Waals surface area (Å²) in [7, 11) is 0. The summed E-state index contributed by atoms with van der Waals surface area (Å²) in [4.78, 5) is 35.2. The summed E-state index contributed by atoms with van der Waals surface area (Å²) in [6, 6.07) is 7.48. The highest BCUT2D eigenvalue weighted by atomic mass is 35.5. The van der Waals surface area contributed by atoms with Crippen LogP contribution in [-0.2, 0) is 11.2 Å². The molecule has 11 nitrogen and oxygen atoms in total. The first-order valence-electron chi connectivity index (χ1n) is 9.49. The molecule has 2 aromatic rings. The summed E-state index contributed by atoms with van der Waals surface area (Å²) in [5, 5.41) is 13.7. The zero-order valence-electron chi connectivity index (χ0n) is 16.8. The van der Waals surface area contributed by atoms with Crippen molar-refractivity contribution in [1.29, 1.82) is 0 Å². The largest absolute Gasteiger partial charge is 0.396 e. The molecule has 2 amide bonds. The number of aliphatic imine (C=N–C) groups is 1. The van der Waals surface area contributed by atoms with Crippen LogP contribution in [0.2, 0.25) is 5.15 Å². The number of nitrogens with one attached hydrogen (secondary N) is 2. The van der Waals surface area contributed by atoms with Gasteiger partial charge in [-0.05, 0) is 37.0 Å². The van der Waals surface area contributed by atoms with Crippen molar-refractivity contribution in [2.24, 2.45) is 10.7 Å². The molecule has 0 unspecified atom stereocenters. The smallest absolute Gasteiger partial charge is 0.280 e. The summed E-state index contributed by atoms with van der Waals surface area (Å²) >= 11 is 5.76. The van der Waals surface area contributed by atoms with Crippen LogP contribution in [0, 0.1) is 0 Å². The van der Waals surface area contributed by atoms with E-state index in [4.69, 9.17) is 33.9 Å². The maximum Gasteiger partial charge on any atom is 0.280 e. The first kappa shape index (κ1) is 23.8. The second-order valence-electron chi connectivity index (χ2n) is 6.53. The Kier molecular flexibility index (Phi) is 8.97. The summed E-state index contributed by atoms with van der Waals surface area (Å²) in [5.41, 5.74) is 18.4. The standard InChI is InChI=1S/C19H25ClN8O3/c20-15-17(22)27-16(21)14(26-15)18(31)28-19(23)24-9-2-1-3-11-4-6-12(7-5-11)25-13(30)8-10-29/h4-7,29H,1-3,8-10H2,(H,25,30)(H4,21,22,27)(H3,23,24,28,31). The van der Waals surface area contributed by atoms with Crippen molar-refractivity contribution in [2.75, 3.05) is 29.9 Å². The van der Waals surface area contributed by atoms with Gasteiger partial charge in [-0.15, -0.1) is 0 Å². The third-order valence-corrected chi connectivity index (χ3v) is 4.37. The van der Waals surface area contributed by atoms with Crippen LogP contribution >= 0.6 is 11.6 Å². The number of unbranched alkanes of at least 4 members (excludes halogenated alkanes) is 1. The fourth-order valence-electron chi connectivity index (χ4n) is 2.54. The Morgan fingerprint density at radius 1 is 1.10 bits per heavy atom. The minimum atomic E-state index is -0.681. The maximum atomic E-state index is 12.2. The monoisotopic (exact) mass is 448 g/mol. The number of carbonyl (C=O) groups excluding carboxylic acids is 2. The van der Waals surface area contributed by atoms with Gasteiger partial charge in [-0.25, -0.2) is 9.97 Å². The third kappa shape index (κ3) is 7.72. The SMILES string of the molecule is NC(=NCCCCc1ccc(NC(=O)CCO)cc1)NC(=O)c1nc(Cl)c(N)nc1N. The molecule has 0 radical (unpaired) electrons. The Morgan fingerprint density at radius 2 is 1.81 bits per heavy atom. The third-order valence-electron chi connectivity index (χ3n) is 4.09. The van der Waals surface area contributed by atoms with Gasteiger partial charge in [0.15, 0.2) is 28.4 Å². The number of aromatic nitrogens is 2. The summed E-state index contributed by atoms with van der Waals surface area (Å²) < 4.78 is 0. The lowest BCUT2D eigenvalue weighted by Gasteiger charge is -2.07. The number of nitrogens with two attached hydrogens (primary N) is 3. The van der Waals surface area contributed by atoms with Crippen molar-refractivity contribution in [3.05, 3.63) is 40.7 Å². The number of nitrogens with zero attached hydrogens (tertiary/aromatic N) is 3. The van der Waals surface area contributed by atoms with Gasteiger partial charge in [-0.2, -0.15) is 0 Å². The van der Waals surface area contributed by atoms with Crippen LogP contribution in [0.5, 0.6) is 0 Å². The zero-order chi connectivity index (χ0) is 22.8. The number of amides is 2. The Labute approximate surface area is 184 Å². The Morgan fingerprint density at radius 3 is 2.48 bits per heavy atom. The number of hydrogen-bond acceptors (Lipinski definition) is 8. The highest BCUT2D eigenvalue weighted by Crippen LogP contribution is 2.17. The van der Waals surface area contributed by atoms with Gasteiger partial charge in [0.2, 0.25) is 5.91 Å². The molecule has 0 aliphatic rings. The summed E-state index contributed by atoms with van der Waals surface area (Å²) in [6.07, 6.45) is 2.50. The van der Waals surface area contributed by atoms with Crippen LogP contribution in [0.1, 0.15) is 35.3 Å². The minimum Gasteiger partial charge on any atom is -0.396 e. The predicted octanol–water partition coefficient (Wildman–Crippen LogP) is 0.683. The second-order valence-corrected chi connectivity index (χ2v) is 6.89. The fourth-order valence-corrected chi connectivity index (χ4v) is 2.67. The van der Waals surface area contributed by atoms with Crippen LogP contribution in [0.3, 0.4) is 0 Å². The number of halogens is 1. The number of carbonyl (C=O) groups is 2. The van der Waals surface area contributed by atoms with E-state index >= 15 is 0 Å². The molecule has 1 heterocycles. The Bertz CT molecular complexity index is 950. The molecule has 0 fully saturated rings. The van der Waals surface area contributed by atoms with Gasteiger partial charge in [0.05, 0.1) is 13.0 Å². The highest BCUT2D eigenvalue weighted by molar-refractivity contribution is 6.31. The normalized spacial score (nSPS) is 11.2. The van der Waals surface area contributed by atoms with Crippen molar-refractivity contribution in [1.82, 2.24) is 15.3 Å². The maximum absolute atomic E-state index is 12.2. The number of aliphatic hydroxyl groups is 1. The van der Waals surface area contributed by atoms with Gasteiger partial charge in [0, 0.05) is 12.2 Å². The van der Waals surface area contributed by atoms with Gasteiger partial charge >= 0.3 is 0 Å². The van der Waals surface area contributed by atoms with Gasteiger partial charge < -0.3 is 27.6 Å². The first-order chi connectivity index (χ1) is 14.8. The molecule has 9 N–H and O–H groups in total. The lowest BCUT2D eigenvalue weighted by atomic mass is 10.1. The van der Waals surface area contributed by atoms with Crippen LogP contribution in [-0.4, -0.2) is 46.0 Å². The van der Waals surface area contributed by atoms with E-state index < -0.39 is 5.91 Å². The second kappa shape index (κ2) is 11.7. The zero-order valence-corrected chi connectivity index (χ0v) is 17.5. The lowest BCUT2D eigenvalue weighted by molar-refractivity contribution is -0.116. The molecule has 0 spiro atoms. The van der Waals surface area contributed by atoms with Crippen molar-refractivity contribution < 1.29 is 14.7 Å². The Balaban J connectivity index is 1.74. The average molecular weight is 449 g/mol. The number of aryl methyl sites for hydroxylation is 1. The number of hydrogen-bond donors (Lipinski definition) is 6. The lowest BCUT2D eigenvalue weighted by Crippen LogP contribution is -2.38. The highest BCUT2D eigenvalue weighted by Gasteiger charge is 2.16. The molecule has 0 saturated carbocycles. The van der Waals surface area contributed by atoms with E-state index in [0.717, 1.165) is 24.8 Å². The molecular weight excluding hydrogens is 424 g/mol. The molecule has 0 aliphatic heterocycles. The fraction of sp³-hybridized carbons (Fsp3) is 0.316. The van der Waals surface area contributed by atoms with E-state index in [2.05, 4.69) is 25.6 Å². The van der Waals surface area contributed by atoms with Crippen LogP contribution in [0.15, 0.2) is 29.3 Å². The molecule has 166 valence electrons. The van der Waals surface area contributed by atoms with E-state index in [1.54, 1.807) is 0 Å². The van der Waals surface area contributed by atoms with Crippen molar-refractivity contribution in [2.45, 2.75) is 25.7 Å². The van der Waals surface area contributed by atoms with E-state index in [9.17, 15) is 9.59 Å². The molecule has 1 aromatic heterocycles. The number of benzene rings is 1.